The average molecular weight is 242 g/mol. The van der Waals surface area contributed by atoms with Crippen molar-refractivity contribution in [3.8, 4) is 16.6 Å². The summed E-state index contributed by atoms with van der Waals surface area (Å²) in [5.41, 5.74) is 3.37. The second-order valence-corrected chi connectivity index (χ2v) is 4.78. The molecule has 0 unspecified atom stereocenters. The van der Waals surface area contributed by atoms with E-state index in [2.05, 4.69) is 42.2 Å². The topological polar surface area (TPSA) is 36.7 Å². The zero-order valence-corrected chi connectivity index (χ0v) is 10.6. The molecule has 0 spiro atoms. The molecule has 0 amide bonds. The van der Waals surface area contributed by atoms with Crippen LogP contribution in [0.5, 0.6) is 0 Å². The summed E-state index contributed by atoms with van der Waals surface area (Å²) in [5.74, 6) is 0. The van der Waals surface area contributed by atoms with E-state index in [1.165, 1.54) is 12.0 Å². The van der Waals surface area contributed by atoms with Crippen molar-refractivity contribution in [2.75, 3.05) is 0 Å². The maximum Gasteiger partial charge on any atom is 0.123 e. The van der Waals surface area contributed by atoms with Crippen molar-refractivity contribution in [2.45, 2.75) is 26.2 Å². The number of benzene rings is 1. The Morgan fingerprint density at radius 2 is 2.06 bits per heavy atom. The fourth-order valence-corrected chi connectivity index (χ4v) is 2.53. The third kappa shape index (κ3) is 2.92. The van der Waals surface area contributed by atoms with Crippen molar-refractivity contribution in [2.24, 2.45) is 0 Å². The van der Waals surface area contributed by atoms with E-state index in [4.69, 9.17) is 5.26 Å². The molecule has 86 valence electrons. The zero-order valence-electron chi connectivity index (χ0n) is 9.81. The summed E-state index contributed by atoms with van der Waals surface area (Å²) in [5, 5.41) is 11.6. The Hall–Kier alpha value is -1.66. The first-order valence-corrected chi connectivity index (χ1v) is 6.62. The van der Waals surface area contributed by atoms with Crippen LogP contribution in [-0.2, 0) is 12.8 Å². The summed E-state index contributed by atoms with van der Waals surface area (Å²) in [6, 6.07) is 10.7. The molecule has 17 heavy (non-hydrogen) atoms. The average Bonchev–Trinajstić information content (AvgIpc) is 2.80. The predicted molar refractivity (Wildman–Crippen MR) is 70.9 cm³/mol. The van der Waals surface area contributed by atoms with E-state index in [1.807, 2.05) is 5.38 Å². The Balaban J connectivity index is 2.18. The molecule has 2 nitrogen and oxygen atoms in total. The van der Waals surface area contributed by atoms with Crippen LogP contribution in [0.4, 0.5) is 0 Å². The van der Waals surface area contributed by atoms with Gasteiger partial charge in [-0.25, -0.2) is 4.98 Å². The minimum atomic E-state index is 0.393. The van der Waals surface area contributed by atoms with E-state index in [-0.39, 0.29) is 0 Å². The lowest BCUT2D eigenvalue weighted by Crippen LogP contribution is -1.84. The number of thiazole rings is 1. The predicted octanol–water partition coefficient (Wildman–Crippen LogP) is 3.83. The molecule has 1 aromatic heterocycles. The Kier molecular flexibility index (Phi) is 3.89. The summed E-state index contributed by atoms with van der Waals surface area (Å²) >= 11 is 1.60. The number of nitriles is 1. The van der Waals surface area contributed by atoms with E-state index < -0.39 is 0 Å². The Bertz CT molecular complexity index is 520. The quantitative estimate of drug-likeness (QED) is 0.817. The van der Waals surface area contributed by atoms with Crippen LogP contribution < -0.4 is 0 Å². The number of rotatable bonds is 4. The van der Waals surface area contributed by atoms with Gasteiger partial charge in [-0.1, -0.05) is 37.6 Å². The van der Waals surface area contributed by atoms with E-state index in [0.717, 1.165) is 22.7 Å². The van der Waals surface area contributed by atoms with Crippen LogP contribution in [0.2, 0.25) is 0 Å². The number of aromatic nitrogens is 1. The number of hydrogen-bond donors (Lipinski definition) is 0. The van der Waals surface area contributed by atoms with Gasteiger partial charge in [0.15, 0.2) is 0 Å². The highest BCUT2D eigenvalue weighted by molar-refractivity contribution is 7.13. The fraction of sp³-hybridized carbons (Fsp3) is 0.286. The summed E-state index contributed by atoms with van der Waals surface area (Å²) in [6.07, 6.45) is 2.69. The first kappa shape index (κ1) is 11.8. The van der Waals surface area contributed by atoms with E-state index in [9.17, 15) is 0 Å². The van der Waals surface area contributed by atoms with Gasteiger partial charge in [0, 0.05) is 10.9 Å². The van der Waals surface area contributed by atoms with Crippen LogP contribution in [0, 0.1) is 11.3 Å². The maximum absolute atomic E-state index is 8.61. The smallest absolute Gasteiger partial charge is 0.123 e. The molecule has 0 saturated carbocycles. The minimum Gasteiger partial charge on any atom is -0.240 e. The van der Waals surface area contributed by atoms with E-state index in [1.54, 1.807) is 11.3 Å². The summed E-state index contributed by atoms with van der Waals surface area (Å²) < 4.78 is 0. The van der Waals surface area contributed by atoms with Gasteiger partial charge in [-0.05, 0) is 12.0 Å². The second kappa shape index (κ2) is 5.60. The Morgan fingerprint density at radius 3 is 2.71 bits per heavy atom. The lowest BCUT2D eigenvalue weighted by atomic mass is 10.1. The number of nitrogens with zero attached hydrogens (tertiary/aromatic N) is 2. The van der Waals surface area contributed by atoms with Crippen LogP contribution in [0.15, 0.2) is 29.6 Å². The first-order valence-electron chi connectivity index (χ1n) is 5.74. The third-order valence-electron chi connectivity index (χ3n) is 2.55. The molecule has 0 radical (unpaired) electrons. The van der Waals surface area contributed by atoms with Crippen LogP contribution in [0.25, 0.3) is 10.6 Å². The van der Waals surface area contributed by atoms with Crippen molar-refractivity contribution in [3.63, 3.8) is 0 Å². The Morgan fingerprint density at radius 1 is 1.29 bits per heavy atom. The van der Waals surface area contributed by atoms with Crippen LogP contribution in [0.3, 0.4) is 0 Å². The Labute approximate surface area is 106 Å². The lowest BCUT2D eigenvalue weighted by molar-refractivity contribution is 0.922. The van der Waals surface area contributed by atoms with Gasteiger partial charge in [-0.15, -0.1) is 11.3 Å². The number of aryl methyl sites for hydroxylation is 1. The molecule has 1 heterocycles. The maximum atomic E-state index is 8.61. The highest BCUT2D eigenvalue weighted by atomic mass is 32.1. The van der Waals surface area contributed by atoms with Crippen molar-refractivity contribution in [1.29, 1.82) is 5.26 Å². The van der Waals surface area contributed by atoms with Gasteiger partial charge in [0.25, 0.3) is 0 Å². The number of hydrogen-bond acceptors (Lipinski definition) is 3. The van der Waals surface area contributed by atoms with Gasteiger partial charge < -0.3 is 0 Å². The van der Waals surface area contributed by atoms with Crippen molar-refractivity contribution >= 4 is 11.3 Å². The lowest BCUT2D eigenvalue weighted by Gasteiger charge is -2.00. The van der Waals surface area contributed by atoms with Gasteiger partial charge in [0.2, 0.25) is 0 Å². The third-order valence-corrected chi connectivity index (χ3v) is 3.49. The SMILES string of the molecule is CCCc1ccc(-c2nc(CC#N)cs2)cc1. The van der Waals surface area contributed by atoms with Gasteiger partial charge in [-0.3, -0.25) is 0 Å². The molecular formula is C14H14N2S. The molecule has 2 aromatic rings. The van der Waals surface area contributed by atoms with Crippen molar-refractivity contribution < 1.29 is 0 Å². The van der Waals surface area contributed by atoms with Crippen LogP contribution in [-0.4, -0.2) is 4.98 Å². The van der Waals surface area contributed by atoms with Gasteiger partial charge in [0.1, 0.15) is 5.01 Å². The standard InChI is InChI=1S/C14H14N2S/c1-2-3-11-4-6-12(7-5-11)14-16-13(8-9-15)10-17-14/h4-7,10H,2-3,8H2,1H3. The summed E-state index contributed by atoms with van der Waals surface area (Å²) in [6.45, 7) is 2.18. The summed E-state index contributed by atoms with van der Waals surface area (Å²) in [7, 11) is 0. The first-order chi connectivity index (χ1) is 8.33. The molecule has 2 rings (SSSR count). The molecule has 0 aliphatic carbocycles. The molecule has 0 saturated heterocycles. The fourth-order valence-electron chi connectivity index (χ4n) is 1.70. The monoisotopic (exact) mass is 242 g/mol. The van der Waals surface area contributed by atoms with Gasteiger partial charge in [0.05, 0.1) is 18.2 Å². The van der Waals surface area contributed by atoms with Gasteiger partial charge >= 0.3 is 0 Å². The molecule has 0 aliphatic rings. The normalized spacial score (nSPS) is 10.1. The molecule has 3 heteroatoms. The molecule has 0 atom stereocenters. The zero-order chi connectivity index (χ0) is 12.1. The molecule has 0 N–H and O–H groups in total. The molecule has 1 aromatic carbocycles. The highest BCUT2D eigenvalue weighted by Gasteiger charge is 2.04. The van der Waals surface area contributed by atoms with E-state index in [0.29, 0.717) is 6.42 Å². The van der Waals surface area contributed by atoms with Crippen LogP contribution in [0.1, 0.15) is 24.6 Å². The molecule has 0 aliphatic heterocycles. The minimum absolute atomic E-state index is 0.393. The van der Waals surface area contributed by atoms with E-state index >= 15 is 0 Å². The van der Waals surface area contributed by atoms with Gasteiger partial charge in [-0.2, -0.15) is 5.26 Å². The molecule has 0 fully saturated rings. The summed E-state index contributed by atoms with van der Waals surface area (Å²) in [4.78, 5) is 4.44. The molecule has 0 bridgehead atoms. The van der Waals surface area contributed by atoms with Crippen molar-refractivity contribution in [3.05, 3.63) is 40.9 Å². The largest absolute Gasteiger partial charge is 0.240 e. The highest BCUT2D eigenvalue weighted by Crippen LogP contribution is 2.24. The van der Waals surface area contributed by atoms with Crippen molar-refractivity contribution in [1.82, 2.24) is 4.98 Å². The second-order valence-electron chi connectivity index (χ2n) is 3.93. The van der Waals surface area contributed by atoms with Crippen LogP contribution >= 0.6 is 11.3 Å². The molecular weight excluding hydrogens is 228 g/mol.